The van der Waals surface area contributed by atoms with Crippen LogP contribution in [0.5, 0.6) is 5.75 Å². The molecule has 34 heavy (non-hydrogen) atoms. The number of likely N-dealkylation sites (tertiary alicyclic amines) is 1. The lowest BCUT2D eigenvalue weighted by Gasteiger charge is -2.42. The summed E-state index contributed by atoms with van der Waals surface area (Å²) in [7, 11) is 0. The minimum absolute atomic E-state index is 0.0140. The summed E-state index contributed by atoms with van der Waals surface area (Å²) in [6.45, 7) is 9.16. The number of piperidine rings is 1. The Kier molecular flexibility index (Phi) is 9.56. The highest BCUT2D eigenvalue weighted by atomic mass is 19.1. The number of hydrogen-bond donors (Lipinski definition) is 1. The Hall–Kier alpha value is -1.90. The van der Waals surface area contributed by atoms with Crippen molar-refractivity contribution in [2.45, 2.75) is 96.0 Å². The van der Waals surface area contributed by atoms with Gasteiger partial charge in [-0.25, -0.2) is 9.18 Å². The van der Waals surface area contributed by atoms with E-state index in [1.54, 1.807) is 4.90 Å². The summed E-state index contributed by atoms with van der Waals surface area (Å²) in [4.78, 5) is 14.6. The third-order valence-corrected chi connectivity index (χ3v) is 6.53. The summed E-state index contributed by atoms with van der Waals surface area (Å²) in [6, 6.07) is 4.19. The standard InChI is InChI=1S/C26H40FNO6/c1-5-31-17-33-23-10-7-15-28(25(30)34-26(2,3)4)21(23)16-32-19-13-11-18(12-14-19)24-20(27)8-6-9-22(24)29/h6,8-9,18-19,21,23,29H,5,7,10-17H2,1-4H3. The normalized spacial score (nSPS) is 25.9. The molecule has 1 saturated heterocycles. The van der Waals surface area contributed by atoms with Gasteiger partial charge in [0.1, 0.15) is 24.0 Å². The molecule has 2 atom stereocenters. The molecule has 0 radical (unpaired) electrons. The molecule has 0 spiro atoms. The van der Waals surface area contributed by atoms with Crippen LogP contribution in [0.2, 0.25) is 0 Å². The molecular weight excluding hydrogens is 441 g/mol. The van der Waals surface area contributed by atoms with E-state index in [2.05, 4.69) is 0 Å². The molecule has 1 N–H and O–H groups in total. The maximum atomic E-state index is 14.3. The molecule has 1 aliphatic carbocycles. The molecule has 1 aromatic carbocycles. The Morgan fingerprint density at radius 1 is 1.15 bits per heavy atom. The minimum atomic E-state index is -0.585. The van der Waals surface area contributed by atoms with Crippen molar-refractivity contribution >= 4 is 6.09 Å². The zero-order valence-corrected chi connectivity index (χ0v) is 20.9. The van der Waals surface area contributed by atoms with Gasteiger partial charge in [-0.15, -0.1) is 0 Å². The van der Waals surface area contributed by atoms with Gasteiger partial charge in [0, 0.05) is 18.7 Å². The van der Waals surface area contributed by atoms with Crippen molar-refractivity contribution in [1.29, 1.82) is 0 Å². The van der Waals surface area contributed by atoms with E-state index in [-0.39, 0.29) is 48.6 Å². The van der Waals surface area contributed by atoms with Gasteiger partial charge in [-0.1, -0.05) is 6.07 Å². The van der Waals surface area contributed by atoms with Crippen LogP contribution < -0.4 is 0 Å². The number of carbonyl (C=O) groups is 1. The highest BCUT2D eigenvalue weighted by Gasteiger charge is 2.38. The number of carbonyl (C=O) groups excluding carboxylic acids is 1. The highest BCUT2D eigenvalue weighted by molar-refractivity contribution is 5.68. The second kappa shape index (κ2) is 12.2. The largest absolute Gasteiger partial charge is 0.508 e. The van der Waals surface area contributed by atoms with Crippen LogP contribution in [0, 0.1) is 5.82 Å². The van der Waals surface area contributed by atoms with Crippen LogP contribution in [0.1, 0.15) is 77.7 Å². The van der Waals surface area contributed by atoms with Gasteiger partial charge in [-0.05, 0) is 84.3 Å². The van der Waals surface area contributed by atoms with Gasteiger partial charge in [0.05, 0.1) is 24.9 Å². The Morgan fingerprint density at radius 2 is 1.88 bits per heavy atom. The Bertz CT molecular complexity index is 770. The molecule has 1 amide bonds. The Labute approximate surface area is 202 Å². The monoisotopic (exact) mass is 481 g/mol. The van der Waals surface area contributed by atoms with Gasteiger partial charge in [-0.3, -0.25) is 0 Å². The first-order chi connectivity index (χ1) is 16.2. The SMILES string of the molecule is CCOCOC1CCCN(C(=O)OC(C)(C)C)C1COC1CCC(c2c(O)cccc2F)CC1. The maximum absolute atomic E-state index is 14.3. The van der Waals surface area contributed by atoms with Gasteiger partial charge in [0.2, 0.25) is 0 Å². The van der Waals surface area contributed by atoms with E-state index < -0.39 is 5.60 Å². The van der Waals surface area contributed by atoms with Crippen LogP contribution in [-0.2, 0) is 18.9 Å². The first kappa shape index (κ1) is 26.7. The van der Waals surface area contributed by atoms with Crippen LogP contribution >= 0.6 is 0 Å². The molecule has 192 valence electrons. The fourth-order valence-electron chi connectivity index (χ4n) is 4.86. The second-order valence-corrected chi connectivity index (χ2v) is 10.2. The number of rotatable bonds is 8. The fourth-order valence-corrected chi connectivity index (χ4v) is 4.86. The lowest BCUT2D eigenvalue weighted by molar-refractivity contribution is -0.138. The summed E-state index contributed by atoms with van der Waals surface area (Å²) < 4.78 is 37.5. The van der Waals surface area contributed by atoms with E-state index in [4.69, 9.17) is 18.9 Å². The van der Waals surface area contributed by atoms with Crippen LogP contribution in [0.3, 0.4) is 0 Å². The van der Waals surface area contributed by atoms with Crippen molar-refractivity contribution in [2.24, 2.45) is 0 Å². The van der Waals surface area contributed by atoms with E-state index in [1.165, 1.54) is 18.2 Å². The quantitative estimate of drug-likeness (QED) is 0.398. The third kappa shape index (κ3) is 7.30. The Morgan fingerprint density at radius 3 is 2.53 bits per heavy atom. The summed E-state index contributed by atoms with van der Waals surface area (Å²) >= 11 is 0. The van der Waals surface area contributed by atoms with Gasteiger partial charge in [0.25, 0.3) is 0 Å². The molecule has 1 aromatic rings. The summed E-state index contributed by atoms with van der Waals surface area (Å²) in [6.07, 6.45) is 4.12. The van der Waals surface area contributed by atoms with Crippen LogP contribution in [0.25, 0.3) is 0 Å². The van der Waals surface area contributed by atoms with Gasteiger partial charge in [0.15, 0.2) is 0 Å². The smallest absolute Gasteiger partial charge is 0.410 e. The molecule has 0 bridgehead atoms. The molecule has 8 heteroatoms. The summed E-state index contributed by atoms with van der Waals surface area (Å²) in [5.74, 6) is -0.348. The number of ether oxygens (including phenoxy) is 4. The topological polar surface area (TPSA) is 77.5 Å². The van der Waals surface area contributed by atoms with Crippen molar-refractivity contribution in [3.63, 3.8) is 0 Å². The Balaban J connectivity index is 1.60. The number of amides is 1. The molecule has 1 heterocycles. The van der Waals surface area contributed by atoms with Gasteiger partial charge in [-0.2, -0.15) is 0 Å². The number of aromatic hydroxyl groups is 1. The highest BCUT2D eigenvalue weighted by Crippen LogP contribution is 2.39. The first-order valence-electron chi connectivity index (χ1n) is 12.5. The lowest BCUT2D eigenvalue weighted by atomic mass is 9.82. The van der Waals surface area contributed by atoms with Crippen LogP contribution in [0.4, 0.5) is 9.18 Å². The van der Waals surface area contributed by atoms with Gasteiger partial charge >= 0.3 is 6.09 Å². The number of halogens is 1. The van der Waals surface area contributed by atoms with Crippen LogP contribution in [0.15, 0.2) is 18.2 Å². The average molecular weight is 482 g/mol. The van der Waals surface area contributed by atoms with E-state index >= 15 is 0 Å². The van der Waals surface area contributed by atoms with Crippen LogP contribution in [-0.4, -0.2) is 66.5 Å². The van der Waals surface area contributed by atoms with Crippen molar-refractivity contribution in [2.75, 3.05) is 26.6 Å². The molecule has 3 rings (SSSR count). The van der Waals surface area contributed by atoms with Crippen molar-refractivity contribution in [3.05, 3.63) is 29.6 Å². The number of nitrogens with zero attached hydrogens (tertiary/aromatic N) is 1. The van der Waals surface area contributed by atoms with Crippen molar-refractivity contribution < 1.29 is 33.2 Å². The van der Waals surface area contributed by atoms with E-state index in [9.17, 15) is 14.3 Å². The number of benzene rings is 1. The van der Waals surface area contributed by atoms with E-state index in [0.29, 0.717) is 25.3 Å². The first-order valence-corrected chi connectivity index (χ1v) is 12.5. The maximum Gasteiger partial charge on any atom is 0.410 e. The average Bonchev–Trinajstić information content (AvgIpc) is 2.78. The molecule has 1 saturated carbocycles. The third-order valence-electron chi connectivity index (χ3n) is 6.53. The predicted octanol–water partition coefficient (Wildman–Crippen LogP) is 5.35. The summed E-state index contributed by atoms with van der Waals surface area (Å²) in [5.41, 5.74) is -0.174. The zero-order chi connectivity index (χ0) is 24.7. The molecule has 2 aliphatic rings. The predicted molar refractivity (Wildman–Crippen MR) is 126 cm³/mol. The molecular formula is C26H40FNO6. The number of phenolic OH excluding ortho intramolecular Hbond substituents is 1. The molecule has 1 aliphatic heterocycles. The molecule has 0 aromatic heterocycles. The van der Waals surface area contributed by atoms with Gasteiger partial charge < -0.3 is 29.0 Å². The molecule has 2 unspecified atom stereocenters. The molecule has 2 fully saturated rings. The molecule has 7 nitrogen and oxygen atoms in total. The number of hydrogen-bond acceptors (Lipinski definition) is 6. The number of phenols is 1. The summed E-state index contributed by atoms with van der Waals surface area (Å²) in [5, 5.41) is 10.1. The fraction of sp³-hybridized carbons (Fsp3) is 0.731. The lowest BCUT2D eigenvalue weighted by Crippen LogP contribution is -2.55. The van der Waals surface area contributed by atoms with Crippen molar-refractivity contribution in [1.82, 2.24) is 4.90 Å². The minimum Gasteiger partial charge on any atom is -0.508 e. The van der Waals surface area contributed by atoms with E-state index in [1.807, 2.05) is 27.7 Å². The zero-order valence-electron chi connectivity index (χ0n) is 20.9. The van der Waals surface area contributed by atoms with E-state index in [0.717, 1.165) is 38.5 Å². The second-order valence-electron chi connectivity index (χ2n) is 10.2. The van der Waals surface area contributed by atoms with Crippen molar-refractivity contribution in [3.8, 4) is 5.75 Å².